The van der Waals surface area contributed by atoms with Crippen LogP contribution in [0, 0.1) is 0 Å². The van der Waals surface area contributed by atoms with Gasteiger partial charge in [0.2, 0.25) is 5.91 Å². The minimum absolute atomic E-state index is 0.430. The van der Waals surface area contributed by atoms with E-state index >= 15 is 0 Å². The van der Waals surface area contributed by atoms with Crippen molar-refractivity contribution in [2.24, 2.45) is 5.73 Å². The summed E-state index contributed by atoms with van der Waals surface area (Å²) in [6.45, 7) is 1.41. The number of nitrogens with two attached hydrogens (primary N) is 1. The van der Waals surface area contributed by atoms with E-state index in [1.807, 2.05) is 30.3 Å². The van der Waals surface area contributed by atoms with Gasteiger partial charge in [0.1, 0.15) is 6.04 Å². The van der Waals surface area contributed by atoms with Gasteiger partial charge in [-0.2, -0.15) is 0 Å². The van der Waals surface area contributed by atoms with Gasteiger partial charge in [0, 0.05) is 0 Å². The van der Waals surface area contributed by atoms with Crippen LogP contribution in [-0.4, -0.2) is 29.1 Å². The molecule has 1 rings (SSSR count). The summed E-state index contributed by atoms with van der Waals surface area (Å²) in [6, 6.07) is 8.09. The Labute approximate surface area is 106 Å². The monoisotopic (exact) mass is 250 g/mol. The molecule has 1 amide bonds. The smallest absolute Gasteiger partial charge is 0.325 e. The molecular formula is C13H18N2O3. The molecule has 5 nitrogen and oxygen atoms in total. The maximum atomic E-state index is 11.6. The topological polar surface area (TPSA) is 92.4 Å². The third kappa shape index (κ3) is 4.55. The van der Waals surface area contributed by atoms with Crippen LogP contribution >= 0.6 is 0 Å². The van der Waals surface area contributed by atoms with Crippen molar-refractivity contribution in [3.63, 3.8) is 0 Å². The number of benzene rings is 1. The summed E-state index contributed by atoms with van der Waals surface area (Å²) in [5, 5.41) is 11.0. The highest BCUT2D eigenvalue weighted by atomic mass is 16.4. The summed E-state index contributed by atoms with van der Waals surface area (Å²) >= 11 is 0. The van der Waals surface area contributed by atoms with Crippen molar-refractivity contribution in [3.05, 3.63) is 35.9 Å². The average Bonchev–Trinajstić information content (AvgIpc) is 2.36. The molecule has 1 aromatic carbocycles. The lowest BCUT2D eigenvalue weighted by molar-refractivity contribution is -0.141. The van der Waals surface area contributed by atoms with E-state index in [9.17, 15) is 9.59 Å². The van der Waals surface area contributed by atoms with Gasteiger partial charge in [-0.1, -0.05) is 30.3 Å². The maximum Gasteiger partial charge on any atom is 0.325 e. The number of aliphatic carboxylic acids is 1. The molecule has 2 atom stereocenters. The molecule has 4 N–H and O–H groups in total. The van der Waals surface area contributed by atoms with Gasteiger partial charge in [0.15, 0.2) is 0 Å². The van der Waals surface area contributed by atoms with E-state index in [1.54, 1.807) is 0 Å². The van der Waals surface area contributed by atoms with Gasteiger partial charge in [-0.25, -0.2) is 0 Å². The van der Waals surface area contributed by atoms with Gasteiger partial charge in [0.25, 0.3) is 0 Å². The standard InChI is InChI=1S/C13H18N2O3/c1-9(13(17)18)15-12(16)11(14)8-7-10-5-3-2-4-6-10/h2-6,9,11H,7-8,14H2,1H3,(H,15,16)(H,17,18)/t9-,11-/m0/s1. The molecule has 5 heteroatoms. The molecule has 0 aliphatic heterocycles. The lowest BCUT2D eigenvalue weighted by Crippen LogP contribution is -2.47. The number of aryl methyl sites for hydroxylation is 1. The van der Waals surface area contributed by atoms with Gasteiger partial charge >= 0.3 is 5.97 Å². The SMILES string of the molecule is C[C@H](NC(=O)[C@@H](N)CCc1ccccc1)C(=O)O. The first kappa shape index (κ1) is 14.2. The summed E-state index contributed by atoms with van der Waals surface area (Å²) in [4.78, 5) is 22.2. The van der Waals surface area contributed by atoms with Crippen molar-refractivity contribution in [2.75, 3.05) is 0 Å². The highest BCUT2D eigenvalue weighted by Gasteiger charge is 2.18. The third-order valence-electron chi connectivity index (χ3n) is 2.65. The van der Waals surface area contributed by atoms with E-state index in [2.05, 4.69) is 5.32 Å². The zero-order valence-corrected chi connectivity index (χ0v) is 10.3. The summed E-state index contributed by atoms with van der Waals surface area (Å²) in [5.74, 6) is -1.50. The zero-order valence-electron chi connectivity index (χ0n) is 10.3. The van der Waals surface area contributed by atoms with E-state index in [-0.39, 0.29) is 0 Å². The number of rotatable bonds is 6. The Morgan fingerprint density at radius 3 is 2.50 bits per heavy atom. The molecule has 0 saturated carbocycles. The first-order valence-electron chi connectivity index (χ1n) is 5.83. The molecule has 0 aromatic heterocycles. The molecule has 0 fully saturated rings. The van der Waals surface area contributed by atoms with Crippen LogP contribution in [0.5, 0.6) is 0 Å². The number of hydrogen-bond donors (Lipinski definition) is 3. The van der Waals surface area contributed by atoms with Crippen LogP contribution in [0.15, 0.2) is 30.3 Å². The van der Waals surface area contributed by atoms with Crippen LogP contribution in [0.4, 0.5) is 0 Å². The highest BCUT2D eigenvalue weighted by molar-refractivity contribution is 5.86. The number of amides is 1. The lowest BCUT2D eigenvalue weighted by Gasteiger charge is -2.14. The second-order valence-corrected chi connectivity index (χ2v) is 4.20. The highest BCUT2D eigenvalue weighted by Crippen LogP contribution is 2.04. The molecule has 0 aliphatic carbocycles. The van der Waals surface area contributed by atoms with Crippen molar-refractivity contribution in [2.45, 2.75) is 31.8 Å². The minimum Gasteiger partial charge on any atom is -0.480 e. The number of carbonyl (C=O) groups is 2. The van der Waals surface area contributed by atoms with E-state index in [0.717, 1.165) is 5.56 Å². The molecule has 18 heavy (non-hydrogen) atoms. The van der Waals surface area contributed by atoms with Crippen molar-refractivity contribution in [1.29, 1.82) is 0 Å². The molecular weight excluding hydrogens is 232 g/mol. The first-order valence-corrected chi connectivity index (χ1v) is 5.83. The lowest BCUT2D eigenvalue weighted by atomic mass is 10.1. The molecule has 0 bridgehead atoms. The Hall–Kier alpha value is -1.88. The number of carboxylic acids is 1. The van der Waals surface area contributed by atoms with Gasteiger partial charge < -0.3 is 16.2 Å². The van der Waals surface area contributed by atoms with Crippen LogP contribution < -0.4 is 11.1 Å². The molecule has 0 radical (unpaired) electrons. The van der Waals surface area contributed by atoms with Gasteiger partial charge in [0.05, 0.1) is 6.04 Å². The van der Waals surface area contributed by atoms with Crippen LogP contribution in [0.25, 0.3) is 0 Å². The fraction of sp³-hybridized carbons (Fsp3) is 0.385. The molecule has 0 aliphatic rings. The predicted molar refractivity (Wildman–Crippen MR) is 68.0 cm³/mol. The van der Waals surface area contributed by atoms with Crippen molar-refractivity contribution in [1.82, 2.24) is 5.32 Å². The fourth-order valence-electron chi connectivity index (χ4n) is 1.48. The zero-order chi connectivity index (χ0) is 13.5. The van der Waals surface area contributed by atoms with Crippen LogP contribution in [0.2, 0.25) is 0 Å². The molecule has 98 valence electrons. The predicted octanol–water partition coefficient (Wildman–Crippen LogP) is 0.536. The summed E-state index contributed by atoms with van der Waals surface area (Å²) < 4.78 is 0. The quantitative estimate of drug-likeness (QED) is 0.687. The maximum absolute atomic E-state index is 11.6. The normalized spacial score (nSPS) is 13.7. The molecule has 1 aromatic rings. The van der Waals surface area contributed by atoms with Crippen LogP contribution in [0.3, 0.4) is 0 Å². The molecule has 0 heterocycles. The van der Waals surface area contributed by atoms with Crippen LogP contribution in [-0.2, 0) is 16.0 Å². The van der Waals surface area contributed by atoms with E-state index in [4.69, 9.17) is 10.8 Å². The number of nitrogens with one attached hydrogen (secondary N) is 1. The Kier molecular flexibility index (Phi) is 5.32. The Bertz CT molecular complexity index is 406. The van der Waals surface area contributed by atoms with Gasteiger partial charge in [-0.05, 0) is 25.3 Å². The number of carbonyl (C=O) groups excluding carboxylic acids is 1. The van der Waals surface area contributed by atoms with E-state index in [0.29, 0.717) is 12.8 Å². The largest absolute Gasteiger partial charge is 0.480 e. The summed E-state index contributed by atoms with van der Waals surface area (Å²) in [6.07, 6.45) is 1.18. The Balaban J connectivity index is 2.39. The summed E-state index contributed by atoms with van der Waals surface area (Å²) in [7, 11) is 0. The Morgan fingerprint density at radius 1 is 1.33 bits per heavy atom. The molecule has 0 spiro atoms. The van der Waals surface area contributed by atoms with Crippen molar-refractivity contribution in [3.8, 4) is 0 Å². The minimum atomic E-state index is -1.07. The molecule has 0 unspecified atom stereocenters. The van der Waals surface area contributed by atoms with Crippen molar-refractivity contribution >= 4 is 11.9 Å². The Morgan fingerprint density at radius 2 is 1.94 bits per heavy atom. The van der Waals surface area contributed by atoms with Gasteiger partial charge in [-0.3, -0.25) is 9.59 Å². The average molecular weight is 250 g/mol. The van der Waals surface area contributed by atoms with Gasteiger partial charge in [-0.15, -0.1) is 0 Å². The summed E-state index contributed by atoms with van der Waals surface area (Å²) in [5.41, 5.74) is 6.81. The van der Waals surface area contributed by atoms with Crippen LogP contribution in [0.1, 0.15) is 18.9 Å². The fourth-order valence-corrected chi connectivity index (χ4v) is 1.48. The second-order valence-electron chi connectivity index (χ2n) is 4.20. The van der Waals surface area contributed by atoms with Crippen molar-refractivity contribution < 1.29 is 14.7 Å². The van der Waals surface area contributed by atoms with E-state index < -0.39 is 24.0 Å². The second kappa shape index (κ2) is 6.76. The third-order valence-corrected chi connectivity index (χ3v) is 2.65. The first-order chi connectivity index (χ1) is 8.50. The van der Waals surface area contributed by atoms with E-state index in [1.165, 1.54) is 6.92 Å². The number of carboxylic acid groups (broad SMARTS) is 1. The number of hydrogen-bond acceptors (Lipinski definition) is 3. The molecule has 0 saturated heterocycles.